The summed E-state index contributed by atoms with van der Waals surface area (Å²) in [4.78, 5) is 14.2. The number of carbonyl (C=O) groups excluding carboxylic acids is 1. The van der Waals surface area contributed by atoms with E-state index in [2.05, 4.69) is 4.90 Å². The molecule has 0 amide bonds. The van der Waals surface area contributed by atoms with Crippen LogP contribution in [0.2, 0.25) is 0 Å². The maximum atomic E-state index is 11.6. The van der Waals surface area contributed by atoms with Crippen molar-refractivity contribution >= 4 is 5.78 Å². The molecule has 1 saturated carbocycles. The van der Waals surface area contributed by atoms with Gasteiger partial charge >= 0.3 is 0 Å². The molecule has 12 heavy (non-hydrogen) atoms. The Balaban J connectivity index is 1.93. The van der Waals surface area contributed by atoms with E-state index in [9.17, 15) is 4.79 Å². The van der Waals surface area contributed by atoms with Crippen LogP contribution in [0.4, 0.5) is 0 Å². The fourth-order valence-electron chi connectivity index (χ4n) is 3.31. The van der Waals surface area contributed by atoms with E-state index in [1.807, 2.05) is 0 Å². The van der Waals surface area contributed by atoms with Gasteiger partial charge < -0.3 is 0 Å². The first-order valence-corrected chi connectivity index (χ1v) is 5.11. The molecule has 0 N–H and O–H groups in total. The molecule has 2 bridgehead atoms. The van der Waals surface area contributed by atoms with Crippen LogP contribution in [0.5, 0.6) is 0 Å². The molecule has 0 aromatic heterocycles. The first-order valence-electron chi connectivity index (χ1n) is 5.11. The number of ketones is 1. The average molecular weight is 165 g/mol. The van der Waals surface area contributed by atoms with Crippen molar-refractivity contribution in [2.75, 3.05) is 13.1 Å². The van der Waals surface area contributed by atoms with Gasteiger partial charge in [-0.3, -0.25) is 9.69 Å². The molecule has 0 radical (unpaired) electrons. The number of hydrogen-bond acceptors (Lipinski definition) is 2. The maximum Gasteiger partial charge on any atom is 0.137 e. The van der Waals surface area contributed by atoms with Gasteiger partial charge in [-0.25, -0.2) is 0 Å². The molecular weight excluding hydrogens is 150 g/mol. The zero-order chi connectivity index (χ0) is 8.13. The van der Waals surface area contributed by atoms with Crippen molar-refractivity contribution in [1.82, 2.24) is 4.90 Å². The molecule has 2 heteroatoms. The van der Waals surface area contributed by atoms with Crippen LogP contribution in [0.1, 0.15) is 25.7 Å². The molecule has 2 nitrogen and oxygen atoms in total. The standard InChI is InChI=1S/C10H15NO/c12-10-6-7-1-3-11-4-2-8(10)9(11)5-7/h7-9H,1-6H2/t7-,8+,9+/m1/s1. The van der Waals surface area contributed by atoms with Crippen LogP contribution in [0.25, 0.3) is 0 Å². The SMILES string of the molecule is O=C1C[C@@H]2CCN3CC[C@H]1[C@@H]3C2. The second-order valence-electron chi connectivity index (χ2n) is 4.56. The first kappa shape index (κ1) is 7.07. The smallest absolute Gasteiger partial charge is 0.137 e. The quantitative estimate of drug-likeness (QED) is 0.535. The summed E-state index contributed by atoms with van der Waals surface area (Å²) in [5.74, 6) is 1.74. The number of hydrogen-bond donors (Lipinski definition) is 0. The largest absolute Gasteiger partial charge is 0.300 e. The number of fused-ring (bicyclic) bond motifs is 1. The molecule has 66 valence electrons. The highest BCUT2D eigenvalue weighted by Crippen LogP contribution is 2.41. The van der Waals surface area contributed by atoms with E-state index in [1.165, 1.54) is 25.9 Å². The third-order valence-corrected chi connectivity index (χ3v) is 3.96. The van der Waals surface area contributed by atoms with Crippen molar-refractivity contribution in [3.8, 4) is 0 Å². The summed E-state index contributed by atoms with van der Waals surface area (Å²) in [5.41, 5.74) is 0. The van der Waals surface area contributed by atoms with Gasteiger partial charge in [-0.15, -0.1) is 0 Å². The van der Waals surface area contributed by atoms with Gasteiger partial charge in [-0.1, -0.05) is 0 Å². The minimum atomic E-state index is 0.432. The van der Waals surface area contributed by atoms with E-state index in [0.29, 0.717) is 17.7 Å². The summed E-state index contributed by atoms with van der Waals surface area (Å²) < 4.78 is 0. The van der Waals surface area contributed by atoms with E-state index in [-0.39, 0.29) is 0 Å². The lowest BCUT2D eigenvalue weighted by atomic mass is 9.74. The Bertz CT molecular complexity index is 226. The lowest BCUT2D eigenvalue weighted by Crippen LogP contribution is -2.46. The minimum Gasteiger partial charge on any atom is -0.300 e. The van der Waals surface area contributed by atoms with Crippen LogP contribution >= 0.6 is 0 Å². The summed E-state index contributed by atoms with van der Waals surface area (Å²) in [6.45, 7) is 2.45. The molecule has 0 spiro atoms. The van der Waals surface area contributed by atoms with Crippen molar-refractivity contribution in [3.05, 3.63) is 0 Å². The summed E-state index contributed by atoms with van der Waals surface area (Å²) >= 11 is 0. The number of rotatable bonds is 0. The van der Waals surface area contributed by atoms with Gasteiger partial charge in [-0.05, 0) is 38.3 Å². The van der Waals surface area contributed by atoms with E-state index >= 15 is 0 Å². The molecule has 2 heterocycles. The summed E-state index contributed by atoms with van der Waals surface area (Å²) in [7, 11) is 0. The van der Waals surface area contributed by atoms with Gasteiger partial charge in [0.1, 0.15) is 5.78 Å². The van der Waals surface area contributed by atoms with Crippen LogP contribution in [-0.4, -0.2) is 29.8 Å². The molecule has 2 aliphatic heterocycles. The first-order chi connectivity index (χ1) is 5.84. The second-order valence-corrected chi connectivity index (χ2v) is 4.56. The van der Waals surface area contributed by atoms with Gasteiger partial charge in [-0.2, -0.15) is 0 Å². The molecule has 2 saturated heterocycles. The van der Waals surface area contributed by atoms with Crippen LogP contribution in [0.3, 0.4) is 0 Å². The van der Waals surface area contributed by atoms with Gasteiger partial charge in [0.05, 0.1) is 0 Å². The Morgan fingerprint density at radius 1 is 1.25 bits per heavy atom. The molecule has 0 aromatic carbocycles. The molecule has 0 unspecified atom stereocenters. The van der Waals surface area contributed by atoms with Crippen LogP contribution < -0.4 is 0 Å². The Hall–Kier alpha value is -0.370. The van der Waals surface area contributed by atoms with E-state index in [0.717, 1.165) is 18.8 Å². The highest BCUT2D eigenvalue weighted by atomic mass is 16.1. The van der Waals surface area contributed by atoms with Gasteiger partial charge in [0.2, 0.25) is 0 Å². The van der Waals surface area contributed by atoms with Crippen molar-refractivity contribution in [2.45, 2.75) is 31.7 Å². The summed E-state index contributed by atoms with van der Waals surface area (Å²) in [5, 5.41) is 0. The maximum absolute atomic E-state index is 11.6. The molecule has 3 fully saturated rings. The molecule has 3 aliphatic rings. The monoisotopic (exact) mass is 165 g/mol. The van der Waals surface area contributed by atoms with Gasteiger partial charge in [0.25, 0.3) is 0 Å². The van der Waals surface area contributed by atoms with Crippen LogP contribution in [0, 0.1) is 11.8 Å². The molecular formula is C10H15NO. The predicted octanol–water partition coefficient (Wildman–Crippen LogP) is 1.06. The third-order valence-electron chi connectivity index (χ3n) is 3.96. The lowest BCUT2D eigenvalue weighted by molar-refractivity contribution is -0.128. The highest BCUT2D eigenvalue weighted by molar-refractivity contribution is 5.83. The summed E-state index contributed by atoms with van der Waals surface area (Å²) in [6.07, 6.45) is 4.64. The molecule has 0 aromatic rings. The average Bonchev–Trinajstić information content (AvgIpc) is 2.48. The molecule has 1 aliphatic carbocycles. The number of nitrogens with zero attached hydrogens (tertiary/aromatic N) is 1. The number of Topliss-reactive ketones (excluding diaryl/α,β-unsaturated/α-hetero) is 1. The van der Waals surface area contributed by atoms with Gasteiger partial charge in [0, 0.05) is 18.4 Å². The lowest BCUT2D eigenvalue weighted by Gasteiger charge is -2.40. The van der Waals surface area contributed by atoms with Crippen molar-refractivity contribution in [1.29, 1.82) is 0 Å². The zero-order valence-electron chi connectivity index (χ0n) is 7.33. The summed E-state index contributed by atoms with van der Waals surface area (Å²) in [6, 6.07) is 0.657. The zero-order valence-corrected chi connectivity index (χ0v) is 7.33. The normalized spacial score (nSPS) is 46.7. The van der Waals surface area contributed by atoms with Crippen LogP contribution in [0.15, 0.2) is 0 Å². The fourth-order valence-corrected chi connectivity index (χ4v) is 3.31. The van der Waals surface area contributed by atoms with E-state index in [1.54, 1.807) is 0 Å². The fraction of sp³-hybridized carbons (Fsp3) is 0.900. The van der Waals surface area contributed by atoms with Gasteiger partial charge in [0.15, 0.2) is 0 Å². The predicted molar refractivity (Wildman–Crippen MR) is 45.8 cm³/mol. The van der Waals surface area contributed by atoms with E-state index in [4.69, 9.17) is 0 Å². The van der Waals surface area contributed by atoms with Crippen molar-refractivity contribution in [3.63, 3.8) is 0 Å². The van der Waals surface area contributed by atoms with E-state index < -0.39 is 0 Å². The Kier molecular flexibility index (Phi) is 1.37. The highest BCUT2D eigenvalue weighted by Gasteiger charge is 2.46. The number of piperidine rings is 1. The molecule has 3 atom stereocenters. The Morgan fingerprint density at radius 3 is 3.00 bits per heavy atom. The van der Waals surface area contributed by atoms with Crippen molar-refractivity contribution in [2.24, 2.45) is 11.8 Å². The van der Waals surface area contributed by atoms with Crippen LogP contribution in [-0.2, 0) is 4.79 Å². The Morgan fingerprint density at radius 2 is 2.08 bits per heavy atom. The Labute approximate surface area is 72.9 Å². The topological polar surface area (TPSA) is 20.3 Å². The number of carbonyl (C=O) groups is 1. The van der Waals surface area contributed by atoms with Crippen molar-refractivity contribution < 1.29 is 4.79 Å². The second kappa shape index (κ2) is 2.32. The minimum absolute atomic E-state index is 0.432. The third kappa shape index (κ3) is 0.817. The molecule has 3 rings (SSSR count).